The van der Waals surface area contributed by atoms with Gasteiger partial charge in [0.15, 0.2) is 5.65 Å². The monoisotopic (exact) mass is 233 g/mol. The average molecular weight is 233 g/mol. The van der Waals surface area contributed by atoms with Crippen molar-refractivity contribution in [2.45, 2.75) is 20.3 Å². The van der Waals surface area contributed by atoms with E-state index in [1.165, 1.54) is 5.56 Å². The van der Waals surface area contributed by atoms with Crippen LogP contribution in [0.1, 0.15) is 19.4 Å². The van der Waals surface area contributed by atoms with Crippen molar-refractivity contribution in [2.75, 3.05) is 12.0 Å². The van der Waals surface area contributed by atoms with Gasteiger partial charge in [-0.25, -0.2) is 9.66 Å². The second-order valence-corrected chi connectivity index (χ2v) is 3.98. The quantitative estimate of drug-likeness (QED) is 0.827. The number of nitrogens with zero attached hydrogens (tertiary/aromatic N) is 2. The van der Waals surface area contributed by atoms with Crippen LogP contribution in [0.4, 0.5) is 0 Å². The molecule has 0 aliphatic rings. The van der Waals surface area contributed by atoms with Crippen LogP contribution in [0.2, 0.25) is 0 Å². The third-order valence-electron chi connectivity index (χ3n) is 2.53. The molecule has 0 atom stereocenters. The van der Waals surface area contributed by atoms with Crippen LogP contribution in [-0.4, -0.2) is 16.2 Å². The first kappa shape index (κ1) is 11.1. The van der Waals surface area contributed by atoms with Crippen LogP contribution < -0.4 is 5.43 Å². The molecule has 0 aliphatic heterocycles. The van der Waals surface area contributed by atoms with Gasteiger partial charge >= 0.3 is 0 Å². The second-order valence-electron chi connectivity index (χ2n) is 3.59. The van der Waals surface area contributed by atoms with E-state index in [2.05, 4.69) is 36.4 Å². The van der Waals surface area contributed by atoms with E-state index in [9.17, 15) is 0 Å². The summed E-state index contributed by atoms with van der Waals surface area (Å²) in [4.78, 5) is 4.37. The lowest BCUT2D eigenvalue weighted by Crippen LogP contribution is -2.18. The Labute approximate surface area is 100 Å². The number of aryl methyl sites for hydroxylation is 1. The predicted octanol–water partition coefficient (Wildman–Crippen LogP) is 2.89. The normalized spacial score (nSPS) is 10.6. The third-order valence-corrected chi connectivity index (χ3v) is 2.98. The Bertz CT molecular complexity index is 560. The van der Waals surface area contributed by atoms with Gasteiger partial charge in [0.2, 0.25) is 0 Å². The van der Waals surface area contributed by atoms with Gasteiger partial charge in [-0.2, -0.15) is 0 Å². The van der Waals surface area contributed by atoms with Crippen molar-refractivity contribution in [1.29, 1.82) is 0 Å². The van der Waals surface area contributed by atoms with E-state index in [0.717, 1.165) is 28.6 Å². The molecule has 4 heteroatoms. The van der Waals surface area contributed by atoms with Gasteiger partial charge in [0.25, 0.3) is 0 Å². The molecule has 3 nitrogen and oxygen atoms in total. The molecule has 84 valence electrons. The molecule has 0 aromatic carbocycles. The minimum atomic E-state index is 0.827. The molecule has 0 spiro atoms. The number of rotatable bonds is 3. The topological polar surface area (TPSA) is 29.9 Å². The summed E-state index contributed by atoms with van der Waals surface area (Å²) in [6, 6.07) is 6.13. The lowest BCUT2D eigenvalue weighted by Gasteiger charge is -2.13. The van der Waals surface area contributed by atoms with E-state index in [1.807, 2.05) is 10.7 Å². The number of fused-ring (bicyclic) bond motifs is 1. The highest BCUT2D eigenvalue weighted by molar-refractivity contribution is 7.71. The van der Waals surface area contributed by atoms with E-state index < -0.39 is 0 Å². The van der Waals surface area contributed by atoms with Crippen LogP contribution >= 0.6 is 12.2 Å². The molecule has 2 heterocycles. The van der Waals surface area contributed by atoms with E-state index in [-0.39, 0.29) is 0 Å². The third kappa shape index (κ3) is 1.80. The number of pyridine rings is 2. The van der Waals surface area contributed by atoms with Gasteiger partial charge in [-0.3, -0.25) is 0 Å². The summed E-state index contributed by atoms with van der Waals surface area (Å²) in [7, 11) is 0. The zero-order chi connectivity index (χ0) is 11.5. The maximum Gasteiger partial charge on any atom is 0.159 e. The summed E-state index contributed by atoms with van der Waals surface area (Å²) in [6.45, 7) is 4.99. The first-order chi connectivity index (χ1) is 7.77. The number of nitrogens with one attached hydrogen (secondary N) is 1. The van der Waals surface area contributed by atoms with Gasteiger partial charge in [0.05, 0.1) is 0 Å². The first-order valence-electron chi connectivity index (χ1n) is 5.51. The summed E-state index contributed by atoms with van der Waals surface area (Å²) in [5.74, 6) is 0. The van der Waals surface area contributed by atoms with Gasteiger partial charge in [-0.15, -0.1) is 0 Å². The van der Waals surface area contributed by atoms with Gasteiger partial charge < -0.3 is 5.43 Å². The van der Waals surface area contributed by atoms with Crippen molar-refractivity contribution in [3.63, 3.8) is 0 Å². The summed E-state index contributed by atoms with van der Waals surface area (Å²) >= 11 is 5.44. The summed E-state index contributed by atoms with van der Waals surface area (Å²) < 4.78 is 2.74. The maximum absolute atomic E-state index is 5.44. The molecule has 2 aromatic heterocycles. The molecular formula is C12H15N3S. The summed E-state index contributed by atoms with van der Waals surface area (Å²) in [5, 5.41) is 1.12. The number of hydrogen-bond donors (Lipinski definition) is 1. The summed E-state index contributed by atoms with van der Waals surface area (Å²) in [6.07, 6.45) is 2.73. The Morgan fingerprint density at radius 2 is 2.25 bits per heavy atom. The fraction of sp³-hybridized carbons (Fsp3) is 0.333. The van der Waals surface area contributed by atoms with Crippen molar-refractivity contribution < 1.29 is 0 Å². The highest BCUT2D eigenvalue weighted by Gasteiger charge is 2.04. The fourth-order valence-corrected chi connectivity index (χ4v) is 2.11. The molecule has 0 unspecified atom stereocenters. The molecule has 0 saturated heterocycles. The van der Waals surface area contributed by atoms with Gasteiger partial charge in [-0.05, 0) is 37.1 Å². The second kappa shape index (κ2) is 4.61. The summed E-state index contributed by atoms with van der Waals surface area (Å²) in [5.41, 5.74) is 5.32. The Balaban J connectivity index is 2.80. The lowest BCUT2D eigenvalue weighted by molar-refractivity contribution is 0.850. The van der Waals surface area contributed by atoms with Crippen LogP contribution in [0.5, 0.6) is 0 Å². The molecule has 0 aliphatic carbocycles. The highest BCUT2D eigenvalue weighted by Crippen LogP contribution is 2.15. The molecule has 0 radical (unpaired) electrons. The largest absolute Gasteiger partial charge is 0.323 e. The Morgan fingerprint density at radius 1 is 1.44 bits per heavy atom. The van der Waals surface area contributed by atoms with Gasteiger partial charge in [0.1, 0.15) is 4.64 Å². The van der Waals surface area contributed by atoms with Crippen molar-refractivity contribution >= 4 is 23.3 Å². The fourth-order valence-electron chi connectivity index (χ4n) is 1.76. The van der Waals surface area contributed by atoms with Crippen LogP contribution in [0.3, 0.4) is 0 Å². The molecule has 0 fully saturated rings. The van der Waals surface area contributed by atoms with E-state index >= 15 is 0 Å². The minimum absolute atomic E-state index is 0.827. The van der Waals surface area contributed by atoms with Crippen LogP contribution in [-0.2, 0) is 6.42 Å². The molecular weight excluding hydrogens is 218 g/mol. The van der Waals surface area contributed by atoms with Crippen molar-refractivity contribution in [2.24, 2.45) is 0 Å². The molecule has 0 bridgehead atoms. The average Bonchev–Trinajstić information content (AvgIpc) is 2.32. The lowest BCUT2D eigenvalue weighted by atomic mass is 10.2. The molecule has 2 rings (SSSR count). The van der Waals surface area contributed by atoms with Crippen molar-refractivity contribution in [1.82, 2.24) is 9.66 Å². The Kier molecular flexibility index (Phi) is 3.19. The van der Waals surface area contributed by atoms with Gasteiger partial charge in [-0.1, -0.05) is 19.1 Å². The highest BCUT2D eigenvalue weighted by atomic mass is 32.1. The Morgan fingerprint density at radius 3 is 2.94 bits per heavy atom. The van der Waals surface area contributed by atoms with E-state index in [4.69, 9.17) is 12.2 Å². The van der Waals surface area contributed by atoms with Crippen molar-refractivity contribution in [3.8, 4) is 0 Å². The minimum Gasteiger partial charge on any atom is -0.323 e. The van der Waals surface area contributed by atoms with Crippen LogP contribution in [0.15, 0.2) is 24.4 Å². The molecule has 1 N–H and O–H groups in total. The zero-order valence-electron chi connectivity index (χ0n) is 9.53. The van der Waals surface area contributed by atoms with Gasteiger partial charge in [0, 0.05) is 18.1 Å². The van der Waals surface area contributed by atoms with E-state index in [1.54, 1.807) is 6.20 Å². The smallest absolute Gasteiger partial charge is 0.159 e. The number of hydrogen-bond acceptors (Lipinski definition) is 3. The molecule has 2 aromatic rings. The Hall–Kier alpha value is -1.42. The standard InChI is InChI=1S/C12H15N3S/c1-3-9-8-10-6-5-7-13-11(10)15(12(9)16)14-4-2/h5-8,14H,3-4H2,1-2H3. The van der Waals surface area contributed by atoms with Crippen LogP contribution in [0.25, 0.3) is 11.0 Å². The zero-order valence-corrected chi connectivity index (χ0v) is 10.3. The first-order valence-corrected chi connectivity index (χ1v) is 5.92. The van der Waals surface area contributed by atoms with Crippen molar-refractivity contribution in [3.05, 3.63) is 34.6 Å². The number of aromatic nitrogens is 2. The van der Waals surface area contributed by atoms with E-state index in [0.29, 0.717) is 0 Å². The maximum atomic E-state index is 5.44. The SMILES string of the molecule is CCNn1c(=S)c(CC)cc2cccnc21. The molecule has 0 saturated carbocycles. The predicted molar refractivity (Wildman–Crippen MR) is 69.8 cm³/mol. The molecule has 16 heavy (non-hydrogen) atoms. The van der Waals surface area contributed by atoms with Crippen LogP contribution in [0, 0.1) is 4.64 Å². The molecule has 0 amide bonds.